The van der Waals surface area contributed by atoms with Gasteiger partial charge in [-0.25, -0.2) is 0 Å². The molecule has 0 aliphatic heterocycles. The van der Waals surface area contributed by atoms with Crippen molar-refractivity contribution in [2.75, 3.05) is 6.54 Å². The molecule has 0 atom stereocenters. The van der Waals surface area contributed by atoms with Gasteiger partial charge in [0.15, 0.2) is 0 Å². The maximum atomic E-state index is 11.4. The van der Waals surface area contributed by atoms with E-state index in [1.807, 2.05) is 71.1 Å². The predicted molar refractivity (Wildman–Crippen MR) is 150 cm³/mol. The number of unbranched alkanes of at least 4 members (excludes halogenated alkanes) is 4. The molecular formula is C30H50N2O2. The zero-order chi connectivity index (χ0) is 26.1. The highest BCUT2D eigenvalue weighted by Gasteiger charge is 2.10. The van der Waals surface area contributed by atoms with Crippen molar-refractivity contribution >= 4 is 11.8 Å². The molecule has 4 heteroatoms. The third kappa shape index (κ3) is 31.6. The lowest BCUT2D eigenvalue weighted by molar-refractivity contribution is -0.118. The van der Waals surface area contributed by atoms with Crippen LogP contribution in [0.1, 0.15) is 87.0 Å². The fraction of sp³-hybridized carbons (Fsp3) is 0.533. The van der Waals surface area contributed by atoms with Crippen molar-refractivity contribution in [3.63, 3.8) is 0 Å². The van der Waals surface area contributed by atoms with Crippen LogP contribution in [0.25, 0.3) is 0 Å². The number of nitrogens with one attached hydrogen (secondary N) is 2. The van der Waals surface area contributed by atoms with Gasteiger partial charge in [0.1, 0.15) is 0 Å². The molecule has 4 nitrogen and oxygen atoms in total. The van der Waals surface area contributed by atoms with Crippen LogP contribution in [0, 0.1) is 5.92 Å². The normalized spacial score (nSPS) is 12.6. The molecule has 0 aliphatic carbocycles. The van der Waals surface area contributed by atoms with Gasteiger partial charge >= 0.3 is 0 Å². The Labute approximate surface area is 210 Å². The molecule has 0 aromatic carbocycles. The molecule has 0 bridgehead atoms. The maximum Gasteiger partial charge on any atom is 0.244 e. The molecule has 0 unspecified atom stereocenters. The van der Waals surface area contributed by atoms with E-state index in [1.165, 1.54) is 0 Å². The number of amides is 2. The lowest BCUT2D eigenvalue weighted by Gasteiger charge is -2.18. The summed E-state index contributed by atoms with van der Waals surface area (Å²) < 4.78 is 0. The molecule has 2 amide bonds. The summed E-state index contributed by atoms with van der Waals surface area (Å²) in [5, 5.41) is 5.74. The first-order valence-corrected chi connectivity index (χ1v) is 12.6. The minimum absolute atomic E-state index is 0.0121. The molecular weight excluding hydrogens is 420 g/mol. The fourth-order valence-corrected chi connectivity index (χ4v) is 2.43. The zero-order valence-electron chi connectivity index (χ0n) is 22.8. The molecule has 0 saturated heterocycles. The quantitative estimate of drug-likeness (QED) is 0.158. The highest BCUT2D eigenvalue weighted by Crippen LogP contribution is 2.01. The molecule has 2 N–H and O–H groups in total. The first-order valence-electron chi connectivity index (χ1n) is 12.6. The van der Waals surface area contributed by atoms with Crippen molar-refractivity contribution in [1.29, 1.82) is 0 Å². The predicted octanol–water partition coefficient (Wildman–Crippen LogP) is 7.38. The number of carbonyl (C=O) groups is 2. The summed E-state index contributed by atoms with van der Waals surface area (Å²) in [4.78, 5) is 22.7. The van der Waals surface area contributed by atoms with Crippen LogP contribution in [0.4, 0.5) is 0 Å². The Morgan fingerprint density at radius 2 is 1.15 bits per heavy atom. The van der Waals surface area contributed by atoms with Crippen LogP contribution in [-0.4, -0.2) is 23.9 Å². The highest BCUT2D eigenvalue weighted by atomic mass is 16.2. The average Bonchev–Trinajstić information content (AvgIpc) is 2.75. The van der Waals surface area contributed by atoms with Crippen molar-refractivity contribution in [3.8, 4) is 0 Å². The summed E-state index contributed by atoms with van der Waals surface area (Å²) in [6.07, 6.45) is 29.8. The summed E-state index contributed by atoms with van der Waals surface area (Å²) in [5.74, 6) is 0.509. The van der Waals surface area contributed by atoms with Crippen LogP contribution in [0.5, 0.6) is 0 Å². The maximum absolute atomic E-state index is 11.4. The van der Waals surface area contributed by atoms with Gasteiger partial charge in [0.05, 0.1) is 0 Å². The summed E-state index contributed by atoms with van der Waals surface area (Å²) >= 11 is 0. The lowest BCUT2D eigenvalue weighted by atomic mass is 10.1. The lowest BCUT2D eigenvalue weighted by Crippen LogP contribution is -2.39. The highest BCUT2D eigenvalue weighted by molar-refractivity contribution is 5.88. The van der Waals surface area contributed by atoms with Gasteiger partial charge in [-0.15, -0.1) is 0 Å². The standard InChI is InChI=1S/2C15H25NO/c1-5-6-7-8-9-10-11-12-13-14(17)16-15(2,3)4;1-4-5-6-7-8-9-10-11-12-15(17)16-13-14(2)3/h5-8,12-13H,9-11H2,1-4H3,(H,16,17);4-7,11-12,14H,8-10,13H2,1-3H3,(H,16,17)/b6-5-,8-7-,13-12+;5-4-,7-6-,12-11+. The van der Waals surface area contributed by atoms with Gasteiger partial charge in [-0.2, -0.15) is 0 Å². The van der Waals surface area contributed by atoms with Crippen molar-refractivity contribution in [1.82, 2.24) is 10.6 Å². The molecule has 0 spiro atoms. The van der Waals surface area contributed by atoms with E-state index in [0.717, 1.165) is 45.1 Å². The van der Waals surface area contributed by atoms with Crippen LogP contribution < -0.4 is 10.6 Å². The van der Waals surface area contributed by atoms with Crippen molar-refractivity contribution < 1.29 is 9.59 Å². The number of allylic oxidation sites excluding steroid dienone is 10. The Hall–Kier alpha value is -2.62. The van der Waals surface area contributed by atoms with Crippen molar-refractivity contribution in [2.24, 2.45) is 5.92 Å². The molecule has 0 radical (unpaired) electrons. The van der Waals surface area contributed by atoms with E-state index in [9.17, 15) is 9.59 Å². The van der Waals surface area contributed by atoms with Crippen LogP contribution in [0.15, 0.2) is 72.9 Å². The van der Waals surface area contributed by atoms with Crippen LogP contribution in [0.3, 0.4) is 0 Å². The minimum atomic E-state index is -0.156. The van der Waals surface area contributed by atoms with Crippen molar-refractivity contribution in [3.05, 3.63) is 72.9 Å². The van der Waals surface area contributed by atoms with Crippen LogP contribution in [-0.2, 0) is 9.59 Å². The van der Waals surface area contributed by atoms with Gasteiger partial charge in [0, 0.05) is 12.1 Å². The van der Waals surface area contributed by atoms with E-state index in [4.69, 9.17) is 0 Å². The zero-order valence-corrected chi connectivity index (χ0v) is 22.8. The van der Waals surface area contributed by atoms with Gasteiger partial charge in [0.25, 0.3) is 0 Å². The largest absolute Gasteiger partial charge is 0.352 e. The molecule has 0 fully saturated rings. The van der Waals surface area contributed by atoms with Gasteiger partial charge in [0.2, 0.25) is 11.8 Å². The summed E-state index contributed by atoms with van der Waals surface area (Å²) in [5.41, 5.74) is -0.156. The van der Waals surface area contributed by atoms with E-state index in [2.05, 4.69) is 48.8 Å². The number of carbonyl (C=O) groups excluding carboxylic acids is 2. The smallest absolute Gasteiger partial charge is 0.244 e. The fourth-order valence-electron chi connectivity index (χ4n) is 2.43. The Morgan fingerprint density at radius 3 is 1.56 bits per heavy atom. The SMILES string of the molecule is C/C=C\C=C/CCC/C=C/C(=O)NC(C)(C)C.C/C=C\C=C/CCC/C=C/C(=O)NCC(C)C. The summed E-state index contributed by atoms with van der Waals surface area (Å²) in [7, 11) is 0. The second-order valence-corrected chi connectivity index (χ2v) is 9.45. The Balaban J connectivity index is 0. The van der Waals surface area contributed by atoms with Crippen LogP contribution in [0.2, 0.25) is 0 Å². The van der Waals surface area contributed by atoms with Crippen molar-refractivity contribution in [2.45, 2.75) is 92.5 Å². The Kier molecular flexibility index (Phi) is 23.2. The molecule has 0 rings (SSSR count). The molecule has 34 heavy (non-hydrogen) atoms. The minimum Gasteiger partial charge on any atom is -0.352 e. The second kappa shape index (κ2) is 23.5. The summed E-state index contributed by atoms with van der Waals surface area (Å²) in [6, 6.07) is 0. The number of rotatable bonds is 14. The van der Waals surface area contributed by atoms with Crippen LogP contribution >= 0.6 is 0 Å². The van der Waals surface area contributed by atoms with Gasteiger partial charge in [-0.05, 0) is 91.2 Å². The number of hydrogen-bond donors (Lipinski definition) is 2. The first kappa shape index (κ1) is 33.6. The monoisotopic (exact) mass is 470 g/mol. The molecule has 0 aromatic rings. The molecule has 0 aliphatic rings. The molecule has 0 heterocycles. The van der Waals surface area contributed by atoms with E-state index < -0.39 is 0 Å². The summed E-state index contributed by atoms with van der Waals surface area (Å²) in [6.45, 7) is 14.8. The van der Waals surface area contributed by atoms with E-state index in [0.29, 0.717) is 5.92 Å². The van der Waals surface area contributed by atoms with Gasteiger partial charge in [-0.1, -0.05) is 74.6 Å². The molecule has 0 saturated carbocycles. The first-order chi connectivity index (χ1) is 16.1. The van der Waals surface area contributed by atoms with E-state index in [-0.39, 0.29) is 17.4 Å². The Bertz CT molecular complexity index is 687. The molecule has 0 aromatic heterocycles. The van der Waals surface area contributed by atoms with Gasteiger partial charge < -0.3 is 10.6 Å². The van der Waals surface area contributed by atoms with E-state index in [1.54, 1.807) is 12.2 Å². The van der Waals surface area contributed by atoms with E-state index >= 15 is 0 Å². The average molecular weight is 471 g/mol. The Morgan fingerprint density at radius 1 is 0.706 bits per heavy atom. The number of hydrogen-bond acceptors (Lipinski definition) is 2. The third-order valence-corrected chi connectivity index (χ3v) is 4.08. The second-order valence-electron chi connectivity index (χ2n) is 9.45. The third-order valence-electron chi connectivity index (χ3n) is 4.08. The topological polar surface area (TPSA) is 58.2 Å². The van der Waals surface area contributed by atoms with Gasteiger partial charge in [-0.3, -0.25) is 9.59 Å². The molecule has 192 valence electrons.